The molecule has 0 aliphatic carbocycles. The van der Waals surface area contributed by atoms with Gasteiger partial charge in [0, 0.05) is 18.0 Å². The zero-order chi connectivity index (χ0) is 11.4. The van der Waals surface area contributed by atoms with E-state index in [1.165, 1.54) is 0 Å². The Hall–Kier alpha value is -0.280. The highest BCUT2D eigenvalue weighted by atomic mass is 35.5. The number of halogens is 1. The predicted molar refractivity (Wildman–Crippen MR) is 67.1 cm³/mol. The van der Waals surface area contributed by atoms with Gasteiger partial charge in [-0.15, -0.1) is 12.4 Å². The summed E-state index contributed by atoms with van der Waals surface area (Å²) in [6.07, 6.45) is 0.919. The second kappa shape index (κ2) is 7.07. The fourth-order valence-corrected chi connectivity index (χ4v) is 1.53. The van der Waals surface area contributed by atoms with Crippen molar-refractivity contribution in [2.24, 2.45) is 17.6 Å². The van der Waals surface area contributed by atoms with Gasteiger partial charge in [0.1, 0.15) is 0 Å². The van der Waals surface area contributed by atoms with E-state index in [9.17, 15) is 4.79 Å². The quantitative estimate of drug-likeness (QED) is 0.767. The molecule has 0 aromatic carbocycles. The van der Waals surface area contributed by atoms with E-state index in [0.29, 0.717) is 12.5 Å². The Morgan fingerprint density at radius 2 is 1.80 bits per heavy atom. The maximum atomic E-state index is 11.5. The number of hydrogen-bond acceptors (Lipinski definition) is 2. The Morgan fingerprint density at radius 3 is 2.07 bits per heavy atom. The molecule has 1 amide bonds. The number of rotatable bonds is 5. The first-order chi connectivity index (χ1) is 6.30. The van der Waals surface area contributed by atoms with Crippen molar-refractivity contribution in [3.8, 4) is 0 Å². The average Bonchev–Trinajstić information content (AvgIpc) is 2.02. The van der Waals surface area contributed by atoms with E-state index in [1.807, 2.05) is 20.8 Å². The van der Waals surface area contributed by atoms with Gasteiger partial charge >= 0.3 is 0 Å². The van der Waals surface area contributed by atoms with Crippen LogP contribution in [-0.2, 0) is 4.79 Å². The highest BCUT2D eigenvalue weighted by molar-refractivity contribution is 5.85. The zero-order valence-electron chi connectivity index (χ0n) is 10.5. The third kappa shape index (κ3) is 6.74. The molecule has 0 aliphatic rings. The monoisotopic (exact) mass is 236 g/mol. The Kier molecular flexibility index (Phi) is 8.07. The van der Waals surface area contributed by atoms with Crippen LogP contribution in [0.5, 0.6) is 0 Å². The molecule has 0 spiro atoms. The molecule has 3 nitrogen and oxygen atoms in total. The van der Waals surface area contributed by atoms with E-state index in [2.05, 4.69) is 19.2 Å². The van der Waals surface area contributed by atoms with Crippen molar-refractivity contribution in [2.75, 3.05) is 6.54 Å². The topological polar surface area (TPSA) is 55.1 Å². The number of amides is 1. The van der Waals surface area contributed by atoms with Gasteiger partial charge in [0.05, 0.1) is 0 Å². The lowest BCUT2D eigenvalue weighted by molar-refractivity contribution is -0.125. The van der Waals surface area contributed by atoms with Gasteiger partial charge in [-0.3, -0.25) is 4.79 Å². The molecule has 0 aromatic heterocycles. The summed E-state index contributed by atoms with van der Waals surface area (Å²) >= 11 is 0. The van der Waals surface area contributed by atoms with Crippen LogP contribution in [0.3, 0.4) is 0 Å². The number of nitrogens with two attached hydrogens (primary N) is 1. The van der Waals surface area contributed by atoms with Gasteiger partial charge in [-0.25, -0.2) is 0 Å². The molecule has 0 radical (unpaired) electrons. The summed E-state index contributed by atoms with van der Waals surface area (Å²) in [6.45, 7) is 10.5. The van der Waals surface area contributed by atoms with Crippen molar-refractivity contribution in [1.82, 2.24) is 5.32 Å². The summed E-state index contributed by atoms with van der Waals surface area (Å²) in [4.78, 5) is 11.5. The summed E-state index contributed by atoms with van der Waals surface area (Å²) in [5.74, 6) is 0.641. The van der Waals surface area contributed by atoms with Gasteiger partial charge < -0.3 is 11.1 Å². The minimum absolute atomic E-state index is 0. The van der Waals surface area contributed by atoms with Crippen LogP contribution in [-0.4, -0.2) is 18.0 Å². The van der Waals surface area contributed by atoms with Gasteiger partial charge in [0.25, 0.3) is 0 Å². The summed E-state index contributed by atoms with van der Waals surface area (Å²) in [5.41, 5.74) is 5.43. The molecule has 1 unspecified atom stereocenters. The first kappa shape index (κ1) is 17.1. The zero-order valence-corrected chi connectivity index (χ0v) is 11.3. The molecule has 15 heavy (non-hydrogen) atoms. The van der Waals surface area contributed by atoms with Gasteiger partial charge in [0.15, 0.2) is 0 Å². The van der Waals surface area contributed by atoms with E-state index in [1.54, 1.807) is 0 Å². The minimum atomic E-state index is -0.254. The van der Waals surface area contributed by atoms with Gasteiger partial charge in [-0.2, -0.15) is 0 Å². The lowest BCUT2D eigenvalue weighted by Crippen LogP contribution is -2.53. The molecule has 0 aliphatic heterocycles. The standard InChI is InChI=1S/C11H24N2O.ClH/c1-8(2)6-11(5,7-12)13-10(14)9(3)4;/h8-9H,6-7,12H2,1-5H3,(H,13,14);1H. The summed E-state index contributed by atoms with van der Waals surface area (Å²) in [7, 11) is 0. The van der Waals surface area contributed by atoms with Crippen molar-refractivity contribution >= 4 is 18.3 Å². The van der Waals surface area contributed by atoms with Crippen molar-refractivity contribution in [3.05, 3.63) is 0 Å². The third-order valence-corrected chi connectivity index (χ3v) is 2.26. The molecular formula is C11H25ClN2O. The fraction of sp³-hybridized carbons (Fsp3) is 0.909. The van der Waals surface area contributed by atoms with E-state index in [0.717, 1.165) is 6.42 Å². The maximum Gasteiger partial charge on any atom is 0.223 e. The van der Waals surface area contributed by atoms with Crippen LogP contribution < -0.4 is 11.1 Å². The van der Waals surface area contributed by atoms with Crippen LogP contribution in [0.2, 0.25) is 0 Å². The molecular weight excluding hydrogens is 212 g/mol. The second-order valence-corrected chi connectivity index (χ2v) is 5.01. The summed E-state index contributed by atoms with van der Waals surface area (Å²) in [5, 5.41) is 3.01. The van der Waals surface area contributed by atoms with Crippen molar-refractivity contribution < 1.29 is 4.79 Å². The largest absolute Gasteiger partial charge is 0.349 e. The normalized spacial score (nSPS) is 14.7. The smallest absolute Gasteiger partial charge is 0.223 e. The molecule has 3 N–H and O–H groups in total. The number of carbonyl (C=O) groups is 1. The van der Waals surface area contributed by atoms with Crippen molar-refractivity contribution in [1.29, 1.82) is 0 Å². The lowest BCUT2D eigenvalue weighted by Gasteiger charge is -2.32. The van der Waals surface area contributed by atoms with Crippen molar-refractivity contribution in [2.45, 2.75) is 46.6 Å². The maximum absolute atomic E-state index is 11.5. The van der Waals surface area contributed by atoms with Gasteiger partial charge in [-0.05, 0) is 19.3 Å². The first-order valence-electron chi connectivity index (χ1n) is 5.33. The number of nitrogens with one attached hydrogen (secondary N) is 1. The van der Waals surface area contributed by atoms with E-state index >= 15 is 0 Å². The van der Waals surface area contributed by atoms with Crippen LogP contribution in [0.25, 0.3) is 0 Å². The second-order valence-electron chi connectivity index (χ2n) is 5.01. The van der Waals surface area contributed by atoms with Crippen molar-refractivity contribution in [3.63, 3.8) is 0 Å². The minimum Gasteiger partial charge on any atom is -0.349 e. The van der Waals surface area contributed by atoms with Crippen LogP contribution in [0, 0.1) is 11.8 Å². The molecule has 4 heteroatoms. The molecule has 0 heterocycles. The van der Waals surface area contributed by atoms with Crippen LogP contribution in [0.4, 0.5) is 0 Å². The Labute approximate surface area is 99.6 Å². The predicted octanol–water partition coefficient (Wildman–Crippen LogP) is 1.94. The molecule has 0 saturated heterocycles. The van der Waals surface area contributed by atoms with Gasteiger partial charge in [-0.1, -0.05) is 27.7 Å². The van der Waals surface area contributed by atoms with Crippen LogP contribution in [0.15, 0.2) is 0 Å². The molecule has 0 bridgehead atoms. The molecule has 1 atom stereocenters. The molecule has 92 valence electrons. The Balaban J connectivity index is 0. The van der Waals surface area contributed by atoms with E-state index < -0.39 is 0 Å². The lowest BCUT2D eigenvalue weighted by atomic mass is 9.90. The summed E-state index contributed by atoms with van der Waals surface area (Å²) in [6, 6.07) is 0. The van der Waals surface area contributed by atoms with E-state index in [4.69, 9.17) is 5.73 Å². The molecule has 0 saturated carbocycles. The third-order valence-electron chi connectivity index (χ3n) is 2.26. The van der Waals surface area contributed by atoms with Crippen LogP contribution in [0.1, 0.15) is 41.0 Å². The SMILES string of the molecule is CC(C)CC(C)(CN)NC(=O)C(C)C.Cl. The Morgan fingerprint density at radius 1 is 1.33 bits per heavy atom. The number of hydrogen-bond donors (Lipinski definition) is 2. The average molecular weight is 237 g/mol. The molecule has 0 rings (SSSR count). The Bertz CT molecular complexity index is 195. The van der Waals surface area contributed by atoms with E-state index in [-0.39, 0.29) is 29.8 Å². The first-order valence-corrected chi connectivity index (χ1v) is 5.33. The molecule has 0 aromatic rings. The molecule has 0 fully saturated rings. The fourth-order valence-electron chi connectivity index (χ4n) is 1.53. The highest BCUT2D eigenvalue weighted by Crippen LogP contribution is 2.15. The van der Waals surface area contributed by atoms with Crippen LogP contribution >= 0.6 is 12.4 Å². The van der Waals surface area contributed by atoms with Gasteiger partial charge in [0.2, 0.25) is 5.91 Å². The highest BCUT2D eigenvalue weighted by Gasteiger charge is 2.26. The number of carbonyl (C=O) groups excluding carboxylic acids is 1. The summed E-state index contributed by atoms with van der Waals surface area (Å²) < 4.78 is 0.